The van der Waals surface area contributed by atoms with Crippen LogP contribution in [0, 0.1) is 5.92 Å². The van der Waals surface area contributed by atoms with Crippen LogP contribution in [-0.2, 0) is 17.6 Å². The van der Waals surface area contributed by atoms with Crippen LogP contribution in [0.25, 0.3) is 0 Å². The third kappa shape index (κ3) is 4.02. The highest BCUT2D eigenvalue weighted by atomic mass is 32.1. The summed E-state index contributed by atoms with van der Waals surface area (Å²) in [5, 5.41) is 6.85. The zero-order valence-corrected chi connectivity index (χ0v) is 16.0. The van der Waals surface area contributed by atoms with Crippen LogP contribution in [0.15, 0.2) is 11.6 Å². The van der Waals surface area contributed by atoms with Gasteiger partial charge in [0.15, 0.2) is 10.3 Å². The van der Waals surface area contributed by atoms with Crippen LogP contribution in [0.3, 0.4) is 0 Å². The van der Waals surface area contributed by atoms with Crippen molar-refractivity contribution in [2.24, 2.45) is 5.92 Å². The van der Waals surface area contributed by atoms with Crippen LogP contribution in [0.4, 0.5) is 10.3 Å². The second-order valence-electron chi connectivity index (χ2n) is 6.86. The number of anilines is 2. The van der Waals surface area contributed by atoms with E-state index < -0.39 is 0 Å². The van der Waals surface area contributed by atoms with Gasteiger partial charge in [-0.2, -0.15) is 0 Å². The number of rotatable bonds is 4. The molecule has 0 radical (unpaired) electrons. The lowest BCUT2D eigenvalue weighted by atomic mass is 9.93. The van der Waals surface area contributed by atoms with Crippen molar-refractivity contribution >= 4 is 38.8 Å². The Kier molecular flexibility index (Phi) is 5.00. The molecule has 4 rings (SSSR count). The number of hydrogen-bond acceptors (Lipinski definition) is 7. The zero-order chi connectivity index (χ0) is 17.2. The lowest BCUT2D eigenvalue weighted by Gasteiger charge is -2.33. The maximum Gasteiger partial charge on any atom is 0.240 e. The lowest BCUT2D eigenvalue weighted by molar-refractivity contribution is -0.117. The minimum Gasteiger partial charge on any atom is -0.346 e. The standard InChI is InChI=1S/C17H23N5OS2/c1-12-2-3-13-14(10-12)25-16(19-13)20-15(23)11-21-5-7-22(8-6-21)17-18-4-9-24-17/h4,9,12H,2-3,5-8,10-11H2,1H3,(H,19,20,23)/t12-/m1/s1. The Hall–Kier alpha value is -1.51. The van der Waals surface area contributed by atoms with E-state index in [0.29, 0.717) is 6.54 Å². The maximum atomic E-state index is 12.4. The molecule has 0 bridgehead atoms. The Balaban J connectivity index is 1.27. The number of hydrogen-bond donors (Lipinski definition) is 1. The van der Waals surface area contributed by atoms with Crippen molar-refractivity contribution in [3.8, 4) is 0 Å². The van der Waals surface area contributed by atoms with Gasteiger partial charge in [-0.05, 0) is 25.2 Å². The molecule has 1 aliphatic carbocycles. The van der Waals surface area contributed by atoms with Crippen LogP contribution >= 0.6 is 22.7 Å². The molecule has 2 aliphatic rings. The smallest absolute Gasteiger partial charge is 0.240 e. The van der Waals surface area contributed by atoms with E-state index in [1.54, 1.807) is 22.7 Å². The van der Waals surface area contributed by atoms with E-state index in [9.17, 15) is 4.79 Å². The van der Waals surface area contributed by atoms with E-state index in [0.717, 1.165) is 55.2 Å². The molecule has 1 aliphatic heterocycles. The molecule has 1 atom stereocenters. The summed E-state index contributed by atoms with van der Waals surface area (Å²) in [6, 6.07) is 0. The van der Waals surface area contributed by atoms with Crippen molar-refractivity contribution < 1.29 is 4.79 Å². The first kappa shape index (κ1) is 16.9. The van der Waals surface area contributed by atoms with E-state index in [2.05, 4.69) is 32.0 Å². The third-order valence-corrected chi connectivity index (χ3v) is 6.73. The molecule has 2 aromatic rings. The molecule has 1 fully saturated rings. The molecule has 6 nitrogen and oxygen atoms in total. The number of nitrogens with zero attached hydrogens (tertiary/aromatic N) is 4. The van der Waals surface area contributed by atoms with E-state index >= 15 is 0 Å². The lowest BCUT2D eigenvalue weighted by Crippen LogP contribution is -2.48. The molecule has 0 aromatic carbocycles. The number of thiazole rings is 2. The molecule has 1 N–H and O–H groups in total. The predicted molar refractivity (Wildman–Crippen MR) is 103 cm³/mol. The van der Waals surface area contributed by atoms with Crippen molar-refractivity contribution in [1.29, 1.82) is 0 Å². The summed E-state index contributed by atoms with van der Waals surface area (Å²) in [4.78, 5) is 27.2. The molecule has 25 heavy (non-hydrogen) atoms. The first-order chi connectivity index (χ1) is 12.2. The van der Waals surface area contributed by atoms with Crippen LogP contribution in [0.5, 0.6) is 0 Å². The molecule has 2 aromatic heterocycles. The SMILES string of the molecule is C[C@@H]1CCc2nc(NC(=O)CN3CCN(c4nccs4)CC3)sc2C1. The van der Waals surface area contributed by atoms with Crippen molar-refractivity contribution in [2.45, 2.75) is 26.2 Å². The summed E-state index contributed by atoms with van der Waals surface area (Å²) in [5.74, 6) is 0.771. The molecule has 1 saturated heterocycles. The number of piperazine rings is 1. The first-order valence-electron chi connectivity index (χ1n) is 8.82. The van der Waals surface area contributed by atoms with Gasteiger partial charge in [-0.15, -0.1) is 22.7 Å². The minimum absolute atomic E-state index is 0.0434. The van der Waals surface area contributed by atoms with Gasteiger partial charge in [-0.1, -0.05) is 6.92 Å². The second kappa shape index (κ2) is 7.39. The van der Waals surface area contributed by atoms with Crippen LogP contribution < -0.4 is 10.2 Å². The van der Waals surface area contributed by atoms with Gasteiger partial charge in [-0.3, -0.25) is 9.69 Å². The minimum atomic E-state index is 0.0434. The summed E-state index contributed by atoms with van der Waals surface area (Å²) in [6.07, 6.45) is 5.19. The van der Waals surface area contributed by atoms with Crippen LogP contribution in [-0.4, -0.2) is 53.5 Å². The first-order valence-corrected chi connectivity index (χ1v) is 10.5. The van der Waals surface area contributed by atoms with Crippen LogP contribution in [0.2, 0.25) is 0 Å². The highest BCUT2D eigenvalue weighted by Crippen LogP contribution is 2.32. The summed E-state index contributed by atoms with van der Waals surface area (Å²) >= 11 is 3.32. The zero-order valence-electron chi connectivity index (χ0n) is 14.4. The highest BCUT2D eigenvalue weighted by molar-refractivity contribution is 7.15. The van der Waals surface area contributed by atoms with Crippen molar-refractivity contribution in [1.82, 2.24) is 14.9 Å². The third-order valence-electron chi connectivity index (χ3n) is 4.86. The van der Waals surface area contributed by atoms with Gasteiger partial charge in [0.2, 0.25) is 5.91 Å². The normalized spacial score (nSPS) is 21.2. The molecule has 0 saturated carbocycles. The summed E-state index contributed by atoms with van der Waals surface area (Å²) in [6.45, 7) is 6.34. The Morgan fingerprint density at radius 2 is 2.20 bits per heavy atom. The summed E-state index contributed by atoms with van der Waals surface area (Å²) < 4.78 is 0. The van der Waals surface area contributed by atoms with Gasteiger partial charge >= 0.3 is 0 Å². The molecule has 0 unspecified atom stereocenters. The van der Waals surface area contributed by atoms with Gasteiger partial charge in [0.1, 0.15) is 0 Å². The molecule has 3 heterocycles. The summed E-state index contributed by atoms with van der Waals surface area (Å²) in [7, 11) is 0. The number of aromatic nitrogens is 2. The van der Waals surface area contributed by atoms with E-state index in [-0.39, 0.29) is 5.91 Å². The predicted octanol–water partition coefficient (Wildman–Crippen LogP) is 2.49. The van der Waals surface area contributed by atoms with Gasteiger partial charge in [0, 0.05) is 42.6 Å². The van der Waals surface area contributed by atoms with E-state index in [4.69, 9.17) is 0 Å². The van der Waals surface area contributed by atoms with Gasteiger partial charge in [0.05, 0.1) is 12.2 Å². The van der Waals surface area contributed by atoms with E-state index in [1.807, 2.05) is 11.6 Å². The number of nitrogens with one attached hydrogen (secondary N) is 1. The maximum absolute atomic E-state index is 12.4. The number of carbonyl (C=O) groups excluding carboxylic acids is 1. The Bertz CT molecular complexity index is 721. The fraction of sp³-hybridized carbons (Fsp3) is 0.588. The Morgan fingerprint density at radius 3 is 2.96 bits per heavy atom. The molecule has 8 heteroatoms. The topological polar surface area (TPSA) is 61.4 Å². The number of amides is 1. The molecular weight excluding hydrogens is 354 g/mol. The molecule has 1 amide bonds. The number of fused-ring (bicyclic) bond motifs is 1. The fourth-order valence-corrected chi connectivity index (χ4v) is 5.31. The Labute approximate surface area is 155 Å². The average molecular weight is 378 g/mol. The van der Waals surface area contributed by atoms with Gasteiger partial charge < -0.3 is 10.2 Å². The quantitative estimate of drug-likeness (QED) is 0.887. The molecule has 134 valence electrons. The van der Waals surface area contributed by atoms with Gasteiger partial charge in [-0.25, -0.2) is 9.97 Å². The number of aryl methyl sites for hydroxylation is 1. The monoisotopic (exact) mass is 377 g/mol. The highest BCUT2D eigenvalue weighted by Gasteiger charge is 2.23. The van der Waals surface area contributed by atoms with Crippen molar-refractivity contribution in [3.05, 3.63) is 22.1 Å². The largest absolute Gasteiger partial charge is 0.346 e. The Morgan fingerprint density at radius 1 is 1.36 bits per heavy atom. The van der Waals surface area contributed by atoms with Crippen molar-refractivity contribution in [2.75, 3.05) is 42.9 Å². The van der Waals surface area contributed by atoms with Crippen LogP contribution in [0.1, 0.15) is 23.9 Å². The summed E-state index contributed by atoms with van der Waals surface area (Å²) in [5.41, 5.74) is 1.19. The van der Waals surface area contributed by atoms with Gasteiger partial charge in [0.25, 0.3) is 0 Å². The average Bonchev–Trinajstić information content (AvgIpc) is 3.24. The molecule has 0 spiro atoms. The fourth-order valence-electron chi connectivity index (χ4n) is 3.42. The van der Waals surface area contributed by atoms with Crippen molar-refractivity contribution in [3.63, 3.8) is 0 Å². The number of carbonyl (C=O) groups is 1. The molecular formula is C17H23N5OS2. The second-order valence-corrected chi connectivity index (χ2v) is 8.82. The van der Waals surface area contributed by atoms with E-state index in [1.165, 1.54) is 17.0 Å².